The van der Waals surface area contributed by atoms with Gasteiger partial charge in [0.25, 0.3) is 0 Å². The van der Waals surface area contributed by atoms with Crippen LogP contribution in [0.3, 0.4) is 0 Å². The molecule has 6 nitrogen and oxygen atoms in total. The molecular formula is C22H24N4O2. The number of anilines is 1. The van der Waals surface area contributed by atoms with Gasteiger partial charge in [0.05, 0.1) is 25.2 Å². The summed E-state index contributed by atoms with van der Waals surface area (Å²) in [6.45, 7) is 5.85. The molecule has 1 fully saturated rings. The molecule has 0 amide bonds. The summed E-state index contributed by atoms with van der Waals surface area (Å²) in [5.41, 5.74) is 4.61. The molecule has 0 atom stereocenters. The number of benzene rings is 1. The van der Waals surface area contributed by atoms with Crippen LogP contribution in [-0.2, 0) is 24.2 Å². The van der Waals surface area contributed by atoms with Crippen molar-refractivity contribution < 1.29 is 9.15 Å². The van der Waals surface area contributed by atoms with Gasteiger partial charge in [-0.3, -0.25) is 4.90 Å². The van der Waals surface area contributed by atoms with Crippen LogP contribution in [0.1, 0.15) is 16.8 Å². The highest BCUT2D eigenvalue weighted by atomic mass is 16.5. The van der Waals surface area contributed by atoms with Crippen molar-refractivity contribution in [2.75, 3.05) is 37.7 Å². The van der Waals surface area contributed by atoms with Crippen LogP contribution >= 0.6 is 0 Å². The fraction of sp³-hybridized carbons (Fsp3) is 0.364. The fourth-order valence-corrected chi connectivity index (χ4v) is 3.97. The van der Waals surface area contributed by atoms with E-state index in [4.69, 9.17) is 19.1 Å². The van der Waals surface area contributed by atoms with Gasteiger partial charge >= 0.3 is 0 Å². The maximum Gasteiger partial charge on any atom is 0.226 e. The van der Waals surface area contributed by atoms with Crippen molar-refractivity contribution in [1.29, 1.82) is 0 Å². The molecule has 28 heavy (non-hydrogen) atoms. The van der Waals surface area contributed by atoms with Gasteiger partial charge in [0.1, 0.15) is 5.69 Å². The SMILES string of the molecule is c1ccc(CN2CCc3c(nc(N4CCOCC4)nc3-c3ccco3)C2)cc1. The van der Waals surface area contributed by atoms with Gasteiger partial charge < -0.3 is 14.1 Å². The van der Waals surface area contributed by atoms with Crippen molar-refractivity contribution in [1.82, 2.24) is 14.9 Å². The summed E-state index contributed by atoms with van der Waals surface area (Å²) in [6, 6.07) is 14.5. The highest BCUT2D eigenvalue weighted by molar-refractivity contribution is 5.61. The van der Waals surface area contributed by atoms with E-state index in [1.54, 1.807) is 6.26 Å². The number of fused-ring (bicyclic) bond motifs is 1. The molecule has 6 heteroatoms. The van der Waals surface area contributed by atoms with Gasteiger partial charge in [-0.25, -0.2) is 9.97 Å². The van der Waals surface area contributed by atoms with Crippen molar-refractivity contribution in [2.24, 2.45) is 0 Å². The van der Waals surface area contributed by atoms with E-state index < -0.39 is 0 Å². The zero-order valence-electron chi connectivity index (χ0n) is 15.9. The molecular weight excluding hydrogens is 352 g/mol. The minimum absolute atomic E-state index is 0.719. The van der Waals surface area contributed by atoms with Gasteiger partial charge in [0.15, 0.2) is 5.76 Å². The number of ether oxygens (including phenoxy) is 1. The lowest BCUT2D eigenvalue weighted by atomic mass is 10.0. The van der Waals surface area contributed by atoms with E-state index in [1.807, 2.05) is 12.1 Å². The molecule has 1 saturated heterocycles. The number of furan rings is 1. The molecule has 2 aromatic heterocycles. The summed E-state index contributed by atoms with van der Waals surface area (Å²) >= 11 is 0. The molecule has 5 rings (SSSR count). The lowest BCUT2D eigenvalue weighted by Crippen LogP contribution is -2.38. The quantitative estimate of drug-likeness (QED) is 0.697. The van der Waals surface area contributed by atoms with Gasteiger partial charge in [-0.15, -0.1) is 0 Å². The molecule has 0 bridgehead atoms. The third-order valence-electron chi connectivity index (χ3n) is 5.43. The Balaban J connectivity index is 1.48. The molecule has 4 heterocycles. The van der Waals surface area contributed by atoms with Crippen LogP contribution < -0.4 is 4.90 Å². The van der Waals surface area contributed by atoms with E-state index in [2.05, 4.69) is 40.1 Å². The monoisotopic (exact) mass is 376 g/mol. The Hall–Kier alpha value is -2.70. The van der Waals surface area contributed by atoms with E-state index in [9.17, 15) is 0 Å². The number of aromatic nitrogens is 2. The Bertz CT molecular complexity index is 921. The van der Waals surface area contributed by atoms with Crippen molar-refractivity contribution >= 4 is 5.95 Å². The topological polar surface area (TPSA) is 54.6 Å². The normalized spacial score (nSPS) is 17.5. The van der Waals surface area contributed by atoms with Crippen LogP contribution in [0.2, 0.25) is 0 Å². The van der Waals surface area contributed by atoms with E-state index in [-0.39, 0.29) is 0 Å². The first-order valence-corrected chi connectivity index (χ1v) is 9.89. The largest absolute Gasteiger partial charge is 0.463 e. The first-order valence-electron chi connectivity index (χ1n) is 9.89. The Morgan fingerprint density at radius 1 is 0.929 bits per heavy atom. The maximum absolute atomic E-state index is 5.70. The molecule has 0 spiro atoms. The van der Waals surface area contributed by atoms with Gasteiger partial charge in [0.2, 0.25) is 5.95 Å². The number of rotatable bonds is 4. The minimum Gasteiger partial charge on any atom is -0.463 e. The first kappa shape index (κ1) is 17.4. The van der Waals surface area contributed by atoms with Gasteiger partial charge in [-0.05, 0) is 24.1 Å². The smallest absolute Gasteiger partial charge is 0.226 e. The van der Waals surface area contributed by atoms with E-state index in [1.165, 1.54) is 11.1 Å². The second-order valence-corrected chi connectivity index (χ2v) is 7.32. The van der Waals surface area contributed by atoms with Crippen LogP contribution in [0.25, 0.3) is 11.5 Å². The molecule has 2 aliphatic heterocycles. The highest BCUT2D eigenvalue weighted by Gasteiger charge is 2.26. The summed E-state index contributed by atoms with van der Waals surface area (Å²) in [4.78, 5) is 14.6. The third kappa shape index (κ3) is 3.53. The zero-order valence-corrected chi connectivity index (χ0v) is 15.9. The first-order chi connectivity index (χ1) is 13.9. The molecule has 1 aromatic carbocycles. The van der Waals surface area contributed by atoms with Crippen molar-refractivity contribution in [3.63, 3.8) is 0 Å². The molecule has 0 unspecified atom stereocenters. The molecule has 0 saturated carbocycles. The summed E-state index contributed by atoms with van der Waals surface area (Å²) in [7, 11) is 0. The van der Waals surface area contributed by atoms with E-state index in [0.717, 1.165) is 75.5 Å². The number of nitrogens with zero attached hydrogens (tertiary/aromatic N) is 4. The van der Waals surface area contributed by atoms with Gasteiger partial charge in [0, 0.05) is 38.3 Å². The molecule has 3 aromatic rings. The Labute approximate surface area is 164 Å². The third-order valence-corrected chi connectivity index (χ3v) is 5.43. The molecule has 0 N–H and O–H groups in total. The average molecular weight is 376 g/mol. The number of morpholine rings is 1. The van der Waals surface area contributed by atoms with Crippen LogP contribution in [0.5, 0.6) is 0 Å². The molecule has 0 aliphatic carbocycles. The number of hydrogen-bond donors (Lipinski definition) is 0. The van der Waals surface area contributed by atoms with E-state index >= 15 is 0 Å². The van der Waals surface area contributed by atoms with Crippen molar-refractivity contribution in [3.8, 4) is 11.5 Å². The predicted octanol–water partition coefficient (Wildman–Crippen LogP) is 3.13. The molecule has 0 radical (unpaired) electrons. The Morgan fingerprint density at radius 3 is 2.57 bits per heavy atom. The highest BCUT2D eigenvalue weighted by Crippen LogP contribution is 2.31. The summed E-state index contributed by atoms with van der Waals surface area (Å²) < 4.78 is 11.2. The summed E-state index contributed by atoms with van der Waals surface area (Å²) in [5.74, 6) is 1.61. The average Bonchev–Trinajstić information content (AvgIpc) is 3.29. The molecule has 144 valence electrons. The standard InChI is InChI=1S/C22H24N4O2/c1-2-5-17(6-3-1)15-25-9-8-18-19(16-25)23-22(26-10-13-27-14-11-26)24-21(18)20-7-4-12-28-20/h1-7,12H,8-11,13-16H2. The van der Waals surface area contributed by atoms with Crippen LogP contribution in [-0.4, -0.2) is 47.7 Å². The second kappa shape index (κ2) is 7.73. The predicted molar refractivity (Wildman–Crippen MR) is 107 cm³/mol. The maximum atomic E-state index is 5.70. The van der Waals surface area contributed by atoms with Crippen molar-refractivity contribution in [2.45, 2.75) is 19.5 Å². The lowest BCUT2D eigenvalue weighted by Gasteiger charge is -2.31. The van der Waals surface area contributed by atoms with E-state index in [0.29, 0.717) is 0 Å². The van der Waals surface area contributed by atoms with Gasteiger partial charge in [-0.1, -0.05) is 30.3 Å². The zero-order chi connectivity index (χ0) is 18.8. The fourth-order valence-electron chi connectivity index (χ4n) is 3.97. The second-order valence-electron chi connectivity index (χ2n) is 7.32. The van der Waals surface area contributed by atoms with Crippen LogP contribution in [0.4, 0.5) is 5.95 Å². The Morgan fingerprint density at radius 2 is 1.79 bits per heavy atom. The molecule has 2 aliphatic rings. The number of hydrogen-bond acceptors (Lipinski definition) is 6. The Kier molecular flexibility index (Phi) is 4.81. The lowest BCUT2D eigenvalue weighted by molar-refractivity contribution is 0.122. The summed E-state index contributed by atoms with van der Waals surface area (Å²) in [5, 5.41) is 0. The van der Waals surface area contributed by atoms with Crippen LogP contribution in [0.15, 0.2) is 53.1 Å². The van der Waals surface area contributed by atoms with Gasteiger partial charge in [-0.2, -0.15) is 0 Å². The van der Waals surface area contributed by atoms with Crippen molar-refractivity contribution in [3.05, 3.63) is 65.5 Å². The summed E-state index contributed by atoms with van der Waals surface area (Å²) in [6.07, 6.45) is 2.64. The van der Waals surface area contributed by atoms with Crippen LogP contribution in [0, 0.1) is 0 Å². The minimum atomic E-state index is 0.719.